The maximum absolute atomic E-state index is 10.1. The molecule has 0 saturated carbocycles. The van der Waals surface area contributed by atoms with Gasteiger partial charge in [-0.3, -0.25) is 4.79 Å². The molecule has 0 aliphatic heterocycles. The third kappa shape index (κ3) is 30.7. The summed E-state index contributed by atoms with van der Waals surface area (Å²) < 4.78 is 4.64. The monoisotopic (exact) mass is 248 g/mol. The van der Waals surface area contributed by atoms with Crippen molar-refractivity contribution in [1.82, 2.24) is 0 Å². The van der Waals surface area contributed by atoms with E-state index in [-0.39, 0.29) is 5.97 Å². The Morgan fingerprint density at radius 1 is 1.42 bits per heavy atom. The van der Waals surface area contributed by atoms with Crippen LogP contribution in [0.25, 0.3) is 0 Å². The fraction of sp³-hybridized carbons (Fsp3) is 0.833. The van der Waals surface area contributed by atoms with Crippen LogP contribution < -0.4 is 0 Å². The van der Waals surface area contributed by atoms with Crippen LogP contribution in [0.3, 0.4) is 0 Å². The van der Waals surface area contributed by atoms with Gasteiger partial charge in [-0.1, -0.05) is 13.3 Å². The van der Waals surface area contributed by atoms with E-state index in [1.807, 2.05) is 0 Å². The fourth-order valence-electron chi connectivity index (χ4n) is 0.360. The molecular weight excluding hydrogens is 237 g/mol. The molecule has 0 unspecified atom stereocenters. The van der Waals surface area contributed by atoms with Crippen LogP contribution in [0.15, 0.2) is 0 Å². The third-order valence-corrected chi connectivity index (χ3v) is 0.803. The average Bonchev–Trinajstić information content (AvgIpc) is 1.86. The SMILES string of the molecule is CCCCOC(C)=O.[Cl][Al]([Cl])[Cl]. The first-order valence-corrected chi connectivity index (χ1v) is 8.80. The third-order valence-electron chi connectivity index (χ3n) is 0.803. The van der Waals surface area contributed by atoms with Crippen molar-refractivity contribution in [3.05, 3.63) is 0 Å². The first-order valence-electron chi connectivity index (χ1n) is 3.56. The molecule has 0 rings (SSSR count). The summed E-state index contributed by atoms with van der Waals surface area (Å²) in [4.78, 5) is 10.1. The number of rotatable bonds is 3. The van der Waals surface area contributed by atoms with Gasteiger partial charge in [0.25, 0.3) is 0 Å². The molecule has 0 aromatic heterocycles. The number of carbonyl (C=O) groups excluding carboxylic acids is 1. The highest BCUT2D eigenvalue weighted by atomic mass is 35.8. The molecular formula is C6H12AlCl3O2. The lowest BCUT2D eigenvalue weighted by Crippen LogP contribution is -1.99. The zero-order valence-corrected chi connectivity index (χ0v) is 10.6. The van der Waals surface area contributed by atoms with Crippen molar-refractivity contribution >= 4 is 47.5 Å². The van der Waals surface area contributed by atoms with Crippen molar-refractivity contribution in [3.8, 4) is 0 Å². The summed E-state index contributed by atoms with van der Waals surface area (Å²) in [6.07, 6.45) is 2.05. The predicted octanol–water partition coefficient (Wildman–Crippen LogP) is 3.04. The highest BCUT2D eigenvalue weighted by Crippen LogP contribution is 1.97. The molecule has 0 aromatic carbocycles. The first kappa shape index (κ1) is 15.3. The van der Waals surface area contributed by atoms with Gasteiger partial charge in [-0.2, -0.15) is 0 Å². The van der Waals surface area contributed by atoms with Gasteiger partial charge in [0.05, 0.1) is 6.61 Å². The van der Waals surface area contributed by atoms with E-state index in [0.29, 0.717) is 6.61 Å². The molecule has 0 N–H and O–H groups in total. The first-order chi connectivity index (χ1) is 5.50. The molecule has 12 heavy (non-hydrogen) atoms. The van der Waals surface area contributed by atoms with Gasteiger partial charge in [0.2, 0.25) is 0 Å². The highest BCUT2D eigenvalue weighted by molar-refractivity contribution is 7.54. The molecule has 0 fully saturated rings. The Hall–Kier alpha value is 0.872. The highest BCUT2D eigenvalue weighted by Gasteiger charge is 2.00. The zero-order valence-electron chi connectivity index (χ0n) is 7.15. The van der Waals surface area contributed by atoms with E-state index >= 15 is 0 Å². The van der Waals surface area contributed by atoms with Crippen molar-refractivity contribution < 1.29 is 9.53 Å². The van der Waals surface area contributed by atoms with E-state index in [2.05, 4.69) is 11.7 Å². The molecule has 0 aliphatic carbocycles. The second-order valence-corrected chi connectivity index (χ2v) is 8.37. The Morgan fingerprint density at radius 2 is 1.83 bits per heavy atom. The standard InChI is InChI=1S/C6H12O2.Al.3ClH/c1-3-4-5-8-6(2)7;;;;/h3-5H2,1-2H3;;3*1H/q;+3;;;/p-3. The van der Waals surface area contributed by atoms with Crippen LogP contribution in [0.2, 0.25) is 0 Å². The lowest BCUT2D eigenvalue weighted by molar-refractivity contribution is -0.141. The Balaban J connectivity index is 0. The minimum Gasteiger partial charge on any atom is -0.466 e. The number of hydrogen-bond donors (Lipinski definition) is 0. The topological polar surface area (TPSA) is 26.3 Å². The summed E-state index contributed by atoms with van der Waals surface area (Å²) in [6, 6.07) is 0. The van der Waals surface area contributed by atoms with Crippen LogP contribution in [0.1, 0.15) is 26.7 Å². The van der Waals surface area contributed by atoms with Crippen LogP contribution >= 0.6 is 30.1 Å². The summed E-state index contributed by atoms with van der Waals surface area (Å²) in [6.45, 7) is 4.06. The van der Waals surface area contributed by atoms with Crippen molar-refractivity contribution in [2.45, 2.75) is 26.7 Å². The van der Waals surface area contributed by atoms with Crippen LogP contribution in [0, 0.1) is 0 Å². The number of esters is 1. The van der Waals surface area contributed by atoms with Gasteiger partial charge in [0.15, 0.2) is 0 Å². The Labute approximate surface area is 90.1 Å². The molecule has 0 spiro atoms. The van der Waals surface area contributed by atoms with Crippen molar-refractivity contribution in [2.24, 2.45) is 0 Å². The van der Waals surface area contributed by atoms with Crippen LogP contribution in [-0.2, 0) is 9.53 Å². The summed E-state index contributed by atoms with van der Waals surface area (Å²) >= 11 is -1.72. The Bertz CT molecular complexity index is 108. The van der Waals surface area contributed by atoms with Crippen LogP contribution in [0.4, 0.5) is 0 Å². The van der Waals surface area contributed by atoms with Gasteiger partial charge in [-0.25, -0.2) is 30.1 Å². The molecule has 0 atom stereocenters. The van der Waals surface area contributed by atoms with Crippen molar-refractivity contribution in [3.63, 3.8) is 0 Å². The number of unbranched alkanes of at least 4 members (excludes halogenated alkanes) is 1. The van der Waals surface area contributed by atoms with Crippen molar-refractivity contribution in [1.29, 1.82) is 0 Å². The molecule has 6 heteroatoms. The number of ether oxygens (including phenoxy) is 1. The molecule has 0 amide bonds. The van der Waals surface area contributed by atoms with Gasteiger partial charge < -0.3 is 4.74 Å². The summed E-state index contributed by atoms with van der Waals surface area (Å²) in [5.74, 6) is -0.182. The largest absolute Gasteiger partial charge is 0.643 e. The van der Waals surface area contributed by atoms with Gasteiger partial charge in [-0.15, -0.1) is 0 Å². The smallest absolute Gasteiger partial charge is 0.466 e. The molecule has 0 aliphatic rings. The van der Waals surface area contributed by atoms with E-state index in [4.69, 9.17) is 30.1 Å². The van der Waals surface area contributed by atoms with Crippen LogP contribution in [0.5, 0.6) is 0 Å². The number of hydrogen-bond acceptors (Lipinski definition) is 2. The minimum atomic E-state index is -1.72. The van der Waals surface area contributed by atoms with E-state index in [1.165, 1.54) is 6.92 Å². The van der Waals surface area contributed by atoms with E-state index in [1.54, 1.807) is 0 Å². The molecule has 0 bridgehead atoms. The second kappa shape index (κ2) is 11.9. The fourth-order valence-corrected chi connectivity index (χ4v) is 0.360. The summed E-state index contributed by atoms with van der Waals surface area (Å²) in [5, 5.41) is 0. The zero-order chi connectivity index (χ0) is 9.98. The van der Waals surface area contributed by atoms with E-state index in [0.717, 1.165) is 12.8 Å². The maximum Gasteiger partial charge on any atom is 0.643 e. The van der Waals surface area contributed by atoms with Gasteiger partial charge in [0.1, 0.15) is 0 Å². The maximum atomic E-state index is 10.1. The molecule has 0 heterocycles. The molecule has 0 saturated heterocycles. The van der Waals surface area contributed by atoms with Crippen LogP contribution in [-0.4, -0.2) is 24.0 Å². The minimum absolute atomic E-state index is 0.182. The van der Waals surface area contributed by atoms with Gasteiger partial charge >= 0.3 is 17.4 Å². The summed E-state index contributed by atoms with van der Waals surface area (Å²) in [7, 11) is 14.8. The molecule has 72 valence electrons. The molecule has 0 radical (unpaired) electrons. The number of halogens is 3. The normalized spacial score (nSPS) is 8.08. The second-order valence-electron chi connectivity index (χ2n) is 1.94. The lowest BCUT2D eigenvalue weighted by Gasteiger charge is -1.96. The molecule has 2 nitrogen and oxygen atoms in total. The van der Waals surface area contributed by atoms with Crippen molar-refractivity contribution in [2.75, 3.05) is 6.61 Å². The Morgan fingerprint density at radius 3 is 2.08 bits per heavy atom. The van der Waals surface area contributed by atoms with E-state index < -0.39 is 11.4 Å². The summed E-state index contributed by atoms with van der Waals surface area (Å²) in [5.41, 5.74) is 0. The molecule has 0 aromatic rings. The Kier molecular flexibility index (Phi) is 15.2. The predicted molar refractivity (Wildman–Crippen MR) is 54.9 cm³/mol. The number of carbonyl (C=O) groups is 1. The quantitative estimate of drug-likeness (QED) is 0.436. The van der Waals surface area contributed by atoms with Gasteiger partial charge in [-0.05, 0) is 6.42 Å². The average molecular weight is 250 g/mol. The van der Waals surface area contributed by atoms with E-state index in [9.17, 15) is 4.79 Å². The van der Waals surface area contributed by atoms with Gasteiger partial charge in [0, 0.05) is 6.92 Å². The lowest BCUT2D eigenvalue weighted by atomic mass is 10.4.